The normalized spacial score (nSPS) is 12.1. The van der Waals surface area contributed by atoms with Crippen molar-refractivity contribution in [2.24, 2.45) is 0 Å². The number of nitrogens with zero attached hydrogens (tertiary/aromatic N) is 1. The monoisotopic (exact) mass is 222 g/mol. The second-order valence-corrected chi connectivity index (χ2v) is 3.86. The summed E-state index contributed by atoms with van der Waals surface area (Å²) in [5, 5.41) is 12.9. The average Bonchev–Trinajstić information content (AvgIpc) is 2.26. The van der Waals surface area contributed by atoms with Crippen LogP contribution < -0.4 is 5.32 Å². The van der Waals surface area contributed by atoms with Crippen molar-refractivity contribution < 1.29 is 0 Å². The Bertz CT molecular complexity index is 326. The largest absolute Gasteiger partial charge is 0.298 e. The molecular weight excluding hydrogens is 208 g/mol. The smallest absolute Gasteiger partial charge is 0.121 e. The minimum Gasteiger partial charge on any atom is -0.298 e. The maximum absolute atomic E-state index is 9.00. The van der Waals surface area contributed by atoms with Crippen LogP contribution in [0, 0.1) is 11.3 Å². The molecule has 0 aliphatic rings. The van der Waals surface area contributed by atoms with Gasteiger partial charge in [-0.05, 0) is 30.7 Å². The predicted molar refractivity (Wildman–Crippen MR) is 62.7 cm³/mol. The molecule has 0 aliphatic heterocycles. The minimum atomic E-state index is -0.228. The van der Waals surface area contributed by atoms with Crippen molar-refractivity contribution in [1.29, 1.82) is 5.26 Å². The lowest BCUT2D eigenvalue weighted by Gasteiger charge is -2.11. The summed E-state index contributed by atoms with van der Waals surface area (Å²) < 4.78 is 0. The van der Waals surface area contributed by atoms with E-state index in [0.29, 0.717) is 5.02 Å². The van der Waals surface area contributed by atoms with E-state index in [9.17, 15) is 0 Å². The van der Waals surface area contributed by atoms with Gasteiger partial charge < -0.3 is 0 Å². The van der Waals surface area contributed by atoms with Crippen LogP contribution in [0.5, 0.6) is 0 Å². The number of rotatable bonds is 5. The second kappa shape index (κ2) is 6.44. The van der Waals surface area contributed by atoms with Crippen molar-refractivity contribution in [3.63, 3.8) is 0 Å². The van der Waals surface area contributed by atoms with Gasteiger partial charge in [-0.1, -0.05) is 37.1 Å². The van der Waals surface area contributed by atoms with E-state index in [0.717, 1.165) is 24.9 Å². The quantitative estimate of drug-likeness (QED) is 0.776. The Balaban J connectivity index is 2.59. The molecule has 2 nitrogen and oxygen atoms in total. The Morgan fingerprint density at radius 3 is 2.60 bits per heavy atom. The van der Waals surface area contributed by atoms with Crippen LogP contribution in [0.2, 0.25) is 5.02 Å². The van der Waals surface area contributed by atoms with E-state index < -0.39 is 0 Å². The van der Waals surface area contributed by atoms with E-state index in [1.807, 2.05) is 24.3 Å². The number of unbranched alkanes of at least 4 members (excludes halogenated alkanes) is 1. The summed E-state index contributed by atoms with van der Waals surface area (Å²) in [6.07, 6.45) is 2.22. The van der Waals surface area contributed by atoms with Crippen molar-refractivity contribution in [1.82, 2.24) is 5.32 Å². The molecular formula is C12H15ClN2. The first-order chi connectivity index (χ1) is 7.27. The topological polar surface area (TPSA) is 35.8 Å². The highest BCUT2D eigenvalue weighted by Crippen LogP contribution is 2.15. The lowest BCUT2D eigenvalue weighted by atomic mass is 10.1. The average molecular weight is 223 g/mol. The van der Waals surface area contributed by atoms with Gasteiger partial charge in [0.05, 0.1) is 6.07 Å². The van der Waals surface area contributed by atoms with Crippen molar-refractivity contribution >= 4 is 11.6 Å². The molecule has 1 aromatic carbocycles. The highest BCUT2D eigenvalue weighted by atomic mass is 35.5. The highest BCUT2D eigenvalue weighted by molar-refractivity contribution is 6.30. The number of hydrogen-bond donors (Lipinski definition) is 1. The zero-order chi connectivity index (χ0) is 11.1. The zero-order valence-electron chi connectivity index (χ0n) is 8.83. The van der Waals surface area contributed by atoms with Crippen LogP contribution in [0.3, 0.4) is 0 Å². The van der Waals surface area contributed by atoms with Crippen LogP contribution in [0.15, 0.2) is 24.3 Å². The van der Waals surface area contributed by atoms with E-state index in [2.05, 4.69) is 18.3 Å². The summed E-state index contributed by atoms with van der Waals surface area (Å²) in [6, 6.07) is 9.40. The summed E-state index contributed by atoms with van der Waals surface area (Å²) in [5.41, 5.74) is 0.970. The Morgan fingerprint density at radius 2 is 2.07 bits per heavy atom. The Kier molecular flexibility index (Phi) is 5.17. The third-order valence-corrected chi connectivity index (χ3v) is 2.46. The number of halogens is 1. The zero-order valence-corrected chi connectivity index (χ0v) is 9.59. The van der Waals surface area contributed by atoms with E-state index in [4.69, 9.17) is 16.9 Å². The Morgan fingerprint density at radius 1 is 1.40 bits per heavy atom. The van der Waals surface area contributed by atoms with Crippen LogP contribution in [-0.4, -0.2) is 6.54 Å². The Labute approximate surface area is 95.9 Å². The van der Waals surface area contributed by atoms with E-state index in [-0.39, 0.29) is 6.04 Å². The van der Waals surface area contributed by atoms with Crippen molar-refractivity contribution in [2.45, 2.75) is 25.8 Å². The maximum atomic E-state index is 9.00. The predicted octanol–water partition coefficient (Wildman–Crippen LogP) is 3.29. The molecule has 1 atom stereocenters. The molecule has 0 amide bonds. The molecule has 0 saturated carbocycles. The van der Waals surface area contributed by atoms with E-state index >= 15 is 0 Å². The van der Waals surface area contributed by atoms with E-state index in [1.165, 1.54) is 0 Å². The highest BCUT2D eigenvalue weighted by Gasteiger charge is 2.08. The van der Waals surface area contributed by atoms with Crippen molar-refractivity contribution in [3.8, 4) is 6.07 Å². The first-order valence-electron chi connectivity index (χ1n) is 5.16. The number of nitriles is 1. The fourth-order valence-electron chi connectivity index (χ4n) is 1.32. The third kappa shape index (κ3) is 3.91. The lowest BCUT2D eigenvalue weighted by Crippen LogP contribution is -2.20. The summed E-state index contributed by atoms with van der Waals surface area (Å²) in [5.74, 6) is 0. The molecule has 1 aromatic rings. The first kappa shape index (κ1) is 12.0. The van der Waals surface area contributed by atoms with Crippen LogP contribution >= 0.6 is 11.6 Å². The van der Waals surface area contributed by atoms with Crippen LogP contribution in [0.1, 0.15) is 31.4 Å². The fourth-order valence-corrected chi connectivity index (χ4v) is 1.44. The summed E-state index contributed by atoms with van der Waals surface area (Å²) in [7, 11) is 0. The molecule has 0 spiro atoms. The Hall–Kier alpha value is -1.04. The summed E-state index contributed by atoms with van der Waals surface area (Å²) >= 11 is 5.78. The van der Waals surface area contributed by atoms with Gasteiger partial charge in [-0.2, -0.15) is 5.26 Å². The molecule has 0 aromatic heterocycles. The third-order valence-electron chi connectivity index (χ3n) is 2.21. The number of nitrogens with one attached hydrogen (secondary N) is 1. The van der Waals surface area contributed by atoms with Crippen molar-refractivity contribution in [2.75, 3.05) is 6.54 Å². The summed E-state index contributed by atoms with van der Waals surface area (Å²) in [4.78, 5) is 0. The lowest BCUT2D eigenvalue weighted by molar-refractivity contribution is 0.598. The molecule has 3 heteroatoms. The SMILES string of the molecule is CCCCNC(C#N)c1ccc(Cl)cc1. The molecule has 0 aliphatic carbocycles. The summed E-state index contributed by atoms with van der Waals surface area (Å²) in [6.45, 7) is 3.00. The van der Waals surface area contributed by atoms with Crippen molar-refractivity contribution in [3.05, 3.63) is 34.9 Å². The minimum absolute atomic E-state index is 0.228. The molecule has 0 radical (unpaired) electrons. The van der Waals surface area contributed by atoms with Gasteiger partial charge in [0.15, 0.2) is 0 Å². The molecule has 0 heterocycles. The molecule has 0 saturated heterocycles. The maximum Gasteiger partial charge on any atom is 0.121 e. The molecule has 0 bridgehead atoms. The van der Waals surface area contributed by atoms with Gasteiger partial charge in [0.25, 0.3) is 0 Å². The number of hydrogen-bond acceptors (Lipinski definition) is 2. The van der Waals surface area contributed by atoms with Gasteiger partial charge in [-0.3, -0.25) is 5.32 Å². The van der Waals surface area contributed by atoms with Gasteiger partial charge >= 0.3 is 0 Å². The molecule has 0 fully saturated rings. The second-order valence-electron chi connectivity index (χ2n) is 3.42. The van der Waals surface area contributed by atoms with Gasteiger partial charge in [0, 0.05) is 5.02 Å². The van der Waals surface area contributed by atoms with E-state index in [1.54, 1.807) is 0 Å². The molecule has 1 unspecified atom stereocenters. The molecule has 1 rings (SSSR count). The van der Waals surface area contributed by atoms with Crippen LogP contribution in [-0.2, 0) is 0 Å². The van der Waals surface area contributed by atoms with Gasteiger partial charge in [-0.15, -0.1) is 0 Å². The van der Waals surface area contributed by atoms with Gasteiger partial charge in [-0.25, -0.2) is 0 Å². The molecule has 80 valence electrons. The first-order valence-corrected chi connectivity index (χ1v) is 5.54. The van der Waals surface area contributed by atoms with Crippen LogP contribution in [0.4, 0.5) is 0 Å². The standard InChI is InChI=1S/C12H15ClN2/c1-2-3-8-15-12(9-14)10-4-6-11(13)7-5-10/h4-7,12,15H,2-3,8H2,1H3. The molecule has 1 N–H and O–H groups in total. The van der Waals surface area contributed by atoms with Gasteiger partial charge in [0.1, 0.15) is 6.04 Å². The fraction of sp³-hybridized carbons (Fsp3) is 0.417. The van der Waals surface area contributed by atoms with Gasteiger partial charge in [0.2, 0.25) is 0 Å². The van der Waals surface area contributed by atoms with Crippen LogP contribution in [0.25, 0.3) is 0 Å². The molecule has 15 heavy (non-hydrogen) atoms. The number of benzene rings is 1.